The minimum atomic E-state index is -1.46. The molecule has 0 aliphatic carbocycles. The van der Waals surface area contributed by atoms with Crippen LogP contribution in [0.3, 0.4) is 0 Å². The van der Waals surface area contributed by atoms with Gasteiger partial charge in [-0.3, -0.25) is 9.59 Å². The zero-order chi connectivity index (χ0) is 16.0. The van der Waals surface area contributed by atoms with Gasteiger partial charge in [-0.2, -0.15) is 0 Å². The van der Waals surface area contributed by atoms with E-state index in [1.807, 2.05) is 0 Å². The van der Waals surface area contributed by atoms with Crippen molar-refractivity contribution in [3.8, 4) is 5.75 Å². The highest BCUT2D eigenvalue weighted by atomic mass is 19.1. The molecule has 1 rings (SSSR count). The first kappa shape index (κ1) is 16.4. The van der Waals surface area contributed by atoms with Crippen LogP contribution in [0.4, 0.5) is 4.39 Å². The third kappa shape index (κ3) is 5.09. The molecule has 21 heavy (non-hydrogen) atoms. The second kappa shape index (κ2) is 7.22. The van der Waals surface area contributed by atoms with Crippen LogP contribution in [0.1, 0.15) is 13.3 Å². The molecule has 0 aliphatic heterocycles. The van der Waals surface area contributed by atoms with Crippen molar-refractivity contribution < 1.29 is 28.6 Å². The predicted molar refractivity (Wildman–Crippen MR) is 69.9 cm³/mol. The number of nitrogens with two attached hydrogens (primary N) is 1. The van der Waals surface area contributed by atoms with Gasteiger partial charge >= 0.3 is 5.97 Å². The lowest BCUT2D eigenvalue weighted by Gasteiger charge is -2.18. The highest BCUT2D eigenvalue weighted by Crippen LogP contribution is 2.17. The van der Waals surface area contributed by atoms with Crippen LogP contribution in [0, 0.1) is 5.82 Å². The Balaban J connectivity index is 2.67. The summed E-state index contributed by atoms with van der Waals surface area (Å²) in [5.41, 5.74) is 4.89. The van der Waals surface area contributed by atoms with Crippen LogP contribution in [0.5, 0.6) is 5.75 Å². The molecule has 8 heteroatoms. The fourth-order valence-electron chi connectivity index (χ4n) is 1.47. The molecule has 0 heterocycles. The number of carbonyl (C=O) groups excluding carboxylic acids is 2. The number of rotatable bonds is 7. The van der Waals surface area contributed by atoms with Crippen LogP contribution in [0.2, 0.25) is 0 Å². The lowest BCUT2D eigenvalue weighted by atomic mass is 10.2. The third-order valence-corrected chi connectivity index (χ3v) is 2.53. The van der Waals surface area contributed by atoms with Gasteiger partial charge in [0, 0.05) is 0 Å². The van der Waals surface area contributed by atoms with Gasteiger partial charge in [-0.1, -0.05) is 12.1 Å². The number of ether oxygens (including phenoxy) is 1. The summed E-state index contributed by atoms with van der Waals surface area (Å²) >= 11 is 0. The molecule has 114 valence electrons. The number of hydrogen-bond acceptors (Lipinski definition) is 4. The van der Waals surface area contributed by atoms with E-state index >= 15 is 0 Å². The number of benzene rings is 1. The van der Waals surface area contributed by atoms with Crippen molar-refractivity contribution in [1.29, 1.82) is 0 Å². The van der Waals surface area contributed by atoms with Gasteiger partial charge in [0.05, 0.1) is 6.42 Å². The number of carboxylic acids is 1. The van der Waals surface area contributed by atoms with E-state index < -0.39 is 42.2 Å². The molecule has 0 spiro atoms. The first-order chi connectivity index (χ1) is 9.81. The van der Waals surface area contributed by atoms with Gasteiger partial charge < -0.3 is 20.9 Å². The van der Waals surface area contributed by atoms with Crippen LogP contribution < -0.4 is 15.8 Å². The zero-order valence-electron chi connectivity index (χ0n) is 11.2. The van der Waals surface area contributed by atoms with E-state index in [2.05, 4.69) is 5.32 Å². The van der Waals surface area contributed by atoms with Crippen molar-refractivity contribution in [3.63, 3.8) is 0 Å². The van der Waals surface area contributed by atoms with Crippen LogP contribution in [0.25, 0.3) is 0 Å². The molecule has 2 amide bonds. The summed E-state index contributed by atoms with van der Waals surface area (Å²) in [5, 5.41) is 11.0. The van der Waals surface area contributed by atoms with E-state index in [0.717, 1.165) is 6.07 Å². The molecule has 2 unspecified atom stereocenters. The number of carbonyl (C=O) groups is 3. The number of carboxylic acid groups (broad SMARTS) is 1. The third-order valence-electron chi connectivity index (χ3n) is 2.53. The van der Waals surface area contributed by atoms with Crippen molar-refractivity contribution >= 4 is 17.8 Å². The molecule has 0 saturated carbocycles. The predicted octanol–water partition coefficient (Wildman–Crippen LogP) is 0.0378. The van der Waals surface area contributed by atoms with Gasteiger partial charge in [0.2, 0.25) is 5.91 Å². The summed E-state index contributed by atoms with van der Waals surface area (Å²) in [5.74, 6) is -3.86. The number of hydrogen-bond donors (Lipinski definition) is 3. The molecule has 1 aromatic carbocycles. The maximum Gasteiger partial charge on any atom is 0.326 e. The number of aliphatic carboxylic acids is 1. The van der Waals surface area contributed by atoms with Crippen LogP contribution in [-0.4, -0.2) is 35.0 Å². The van der Waals surface area contributed by atoms with Crippen LogP contribution in [0.15, 0.2) is 24.3 Å². The van der Waals surface area contributed by atoms with Gasteiger partial charge in [0.1, 0.15) is 6.04 Å². The topological polar surface area (TPSA) is 119 Å². The number of primary amides is 1. The molecular formula is C13H15FN2O5. The summed E-state index contributed by atoms with van der Waals surface area (Å²) in [6.07, 6.45) is -1.69. The quantitative estimate of drug-likeness (QED) is 0.656. The normalized spacial score (nSPS) is 13.0. The first-order valence-electron chi connectivity index (χ1n) is 6.04. The Bertz CT molecular complexity index is 549. The number of para-hydroxylation sites is 1. The van der Waals surface area contributed by atoms with E-state index in [1.54, 1.807) is 0 Å². The largest absolute Gasteiger partial charge is 0.480 e. The minimum absolute atomic E-state index is 0.137. The van der Waals surface area contributed by atoms with Crippen molar-refractivity contribution in [1.82, 2.24) is 5.32 Å². The summed E-state index contributed by atoms with van der Waals surface area (Å²) < 4.78 is 18.5. The molecular weight excluding hydrogens is 283 g/mol. The first-order valence-corrected chi connectivity index (χ1v) is 6.04. The van der Waals surface area contributed by atoms with Crippen molar-refractivity contribution in [3.05, 3.63) is 30.1 Å². The average molecular weight is 298 g/mol. The Morgan fingerprint density at radius 3 is 2.52 bits per heavy atom. The van der Waals surface area contributed by atoms with Gasteiger partial charge in [-0.05, 0) is 19.1 Å². The number of halogens is 1. The smallest absolute Gasteiger partial charge is 0.326 e. The Hall–Kier alpha value is -2.64. The second-order valence-corrected chi connectivity index (χ2v) is 4.26. The Kier molecular flexibility index (Phi) is 5.65. The Morgan fingerprint density at radius 2 is 2.00 bits per heavy atom. The van der Waals surface area contributed by atoms with Gasteiger partial charge in [-0.15, -0.1) is 0 Å². The molecule has 0 bridgehead atoms. The zero-order valence-corrected chi connectivity index (χ0v) is 11.2. The highest BCUT2D eigenvalue weighted by molar-refractivity contribution is 5.89. The molecule has 0 aliphatic rings. The van der Waals surface area contributed by atoms with E-state index in [0.29, 0.717) is 0 Å². The summed E-state index contributed by atoms with van der Waals surface area (Å²) in [6.45, 7) is 1.32. The molecule has 2 atom stereocenters. The SMILES string of the molecule is CC(Oc1ccccc1F)C(=O)NC(CC(N)=O)C(=O)O. The Labute approximate surface area is 119 Å². The molecule has 0 radical (unpaired) electrons. The lowest BCUT2D eigenvalue weighted by Crippen LogP contribution is -2.47. The molecule has 4 N–H and O–H groups in total. The fourth-order valence-corrected chi connectivity index (χ4v) is 1.47. The molecule has 0 aromatic heterocycles. The number of nitrogens with one attached hydrogen (secondary N) is 1. The van der Waals surface area contributed by atoms with Gasteiger partial charge in [0.25, 0.3) is 5.91 Å². The maximum absolute atomic E-state index is 13.4. The fraction of sp³-hybridized carbons (Fsp3) is 0.308. The van der Waals surface area contributed by atoms with Gasteiger partial charge in [-0.25, -0.2) is 9.18 Å². The van der Waals surface area contributed by atoms with Crippen molar-refractivity contribution in [2.45, 2.75) is 25.5 Å². The van der Waals surface area contributed by atoms with Crippen molar-refractivity contribution in [2.24, 2.45) is 5.73 Å². The maximum atomic E-state index is 13.4. The summed E-state index contributed by atoms with van der Waals surface area (Å²) in [7, 11) is 0. The van der Waals surface area contributed by atoms with Crippen LogP contribution in [-0.2, 0) is 14.4 Å². The molecule has 7 nitrogen and oxygen atoms in total. The standard InChI is InChI=1S/C13H15FN2O5/c1-7(21-10-5-3-2-4-8(10)14)12(18)16-9(13(19)20)6-11(15)17/h2-5,7,9H,6H2,1H3,(H2,15,17)(H,16,18)(H,19,20). The summed E-state index contributed by atoms with van der Waals surface area (Å²) in [6, 6.07) is 4.02. The molecule has 0 saturated heterocycles. The van der Waals surface area contributed by atoms with E-state index in [1.165, 1.54) is 25.1 Å². The minimum Gasteiger partial charge on any atom is -0.480 e. The average Bonchev–Trinajstić information content (AvgIpc) is 2.39. The molecule has 0 fully saturated rings. The molecule has 1 aromatic rings. The monoisotopic (exact) mass is 298 g/mol. The van der Waals surface area contributed by atoms with E-state index in [9.17, 15) is 18.8 Å². The second-order valence-electron chi connectivity index (χ2n) is 4.26. The Morgan fingerprint density at radius 1 is 1.38 bits per heavy atom. The lowest BCUT2D eigenvalue weighted by molar-refractivity contribution is -0.144. The van der Waals surface area contributed by atoms with E-state index in [4.69, 9.17) is 15.6 Å². The van der Waals surface area contributed by atoms with Gasteiger partial charge in [0.15, 0.2) is 17.7 Å². The number of amides is 2. The van der Waals surface area contributed by atoms with Crippen LogP contribution >= 0.6 is 0 Å². The highest BCUT2D eigenvalue weighted by Gasteiger charge is 2.25. The summed E-state index contributed by atoms with van der Waals surface area (Å²) in [4.78, 5) is 33.4. The van der Waals surface area contributed by atoms with E-state index in [-0.39, 0.29) is 5.75 Å². The van der Waals surface area contributed by atoms with Crippen molar-refractivity contribution in [2.75, 3.05) is 0 Å².